The number of thioether (sulfide) groups is 1. The monoisotopic (exact) mass is 539 g/mol. The fourth-order valence-electron chi connectivity index (χ4n) is 4.27. The van der Waals surface area contributed by atoms with Crippen molar-refractivity contribution in [2.75, 3.05) is 17.6 Å². The second kappa shape index (κ2) is 11.4. The highest BCUT2D eigenvalue weighted by Crippen LogP contribution is 2.30. The third-order valence-corrected chi connectivity index (χ3v) is 7.46. The van der Waals surface area contributed by atoms with Gasteiger partial charge in [-0.2, -0.15) is 0 Å². The molecule has 0 bridgehead atoms. The number of hydrogen-bond acceptors (Lipinski definition) is 3. The van der Waals surface area contributed by atoms with E-state index in [0.717, 1.165) is 32.6 Å². The van der Waals surface area contributed by atoms with Crippen molar-refractivity contribution < 1.29 is 9.59 Å². The number of fused-ring (bicyclic) bond motifs is 1. The van der Waals surface area contributed by atoms with E-state index in [1.165, 1.54) is 17.3 Å². The first kappa shape index (κ1) is 26.1. The fourth-order valence-corrected chi connectivity index (χ4v) is 5.65. The van der Waals surface area contributed by atoms with Crippen LogP contribution in [0.4, 0.5) is 5.69 Å². The van der Waals surface area contributed by atoms with Crippen molar-refractivity contribution in [2.24, 2.45) is 0 Å². The molecule has 4 rings (SSSR count). The number of halogens is 2. The van der Waals surface area contributed by atoms with Gasteiger partial charge in [0, 0.05) is 45.8 Å². The van der Waals surface area contributed by atoms with Gasteiger partial charge in [-0.3, -0.25) is 9.59 Å². The molecular weight excluding hydrogens is 513 g/mol. The molecule has 0 aliphatic rings. The maximum atomic E-state index is 12.7. The minimum Gasteiger partial charge on any atom is -0.350 e. The molecule has 1 heterocycles. The zero-order valence-corrected chi connectivity index (χ0v) is 22.7. The first-order valence-corrected chi connectivity index (χ1v) is 13.3. The molecule has 0 saturated carbocycles. The van der Waals surface area contributed by atoms with E-state index in [9.17, 15) is 9.59 Å². The van der Waals surface area contributed by atoms with E-state index in [1.807, 2.05) is 44.3 Å². The quantitative estimate of drug-likeness (QED) is 0.236. The van der Waals surface area contributed by atoms with Gasteiger partial charge in [-0.25, -0.2) is 0 Å². The molecular formula is C28H27Cl2N3O2S. The largest absolute Gasteiger partial charge is 0.350 e. The molecule has 5 nitrogen and oxygen atoms in total. The number of carbonyl (C=O) groups is 2. The Morgan fingerprint density at radius 2 is 1.69 bits per heavy atom. The van der Waals surface area contributed by atoms with E-state index in [4.69, 9.17) is 23.2 Å². The molecule has 4 aromatic rings. The Bertz CT molecular complexity index is 1430. The van der Waals surface area contributed by atoms with Crippen LogP contribution in [0.2, 0.25) is 10.0 Å². The zero-order valence-electron chi connectivity index (χ0n) is 20.3. The third-order valence-electron chi connectivity index (χ3n) is 5.87. The highest BCUT2D eigenvalue weighted by Gasteiger charge is 2.14. The van der Waals surface area contributed by atoms with E-state index in [-0.39, 0.29) is 11.8 Å². The summed E-state index contributed by atoms with van der Waals surface area (Å²) < 4.78 is 2.09. The molecule has 2 amide bonds. The summed E-state index contributed by atoms with van der Waals surface area (Å²) in [4.78, 5) is 26.3. The summed E-state index contributed by atoms with van der Waals surface area (Å²) in [6.07, 6.45) is 2.03. The number of anilines is 1. The number of amides is 2. The standard InChI is InChI=1S/C28H27Cl2N3O2S/c1-17-12-18(2)27(19(3)13-17)32-26(34)16-36-25-15-33(24-7-5-4-6-22(24)25)11-10-31-28(35)21-9-8-20(29)14-23(21)30/h4-9,12-15H,10-11,16H2,1-3H3,(H,31,35)(H,32,34). The van der Waals surface area contributed by atoms with Gasteiger partial charge in [0.2, 0.25) is 5.91 Å². The van der Waals surface area contributed by atoms with Gasteiger partial charge < -0.3 is 15.2 Å². The molecule has 36 heavy (non-hydrogen) atoms. The molecule has 0 unspecified atom stereocenters. The number of nitrogens with one attached hydrogen (secondary N) is 2. The predicted octanol–water partition coefficient (Wildman–Crippen LogP) is 7.03. The summed E-state index contributed by atoms with van der Waals surface area (Å²) in [6, 6.07) is 17.0. The minimum absolute atomic E-state index is 0.0426. The number of nitrogens with zero attached hydrogens (tertiary/aromatic N) is 1. The highest BCUT2D eigenvalue weighted by atomic mass is 35.5. The van der Waals surface area contributed by atoms with Crippen molar-refractivity contribution in [3.8, 4) is 0 Å². The molecule has 8 heteroatoms. The summed E-state index contributed by atoms with van der Waals surface area (Å²) in [5, 5.41) is 7.86. The van der Waals surface area contributed by atoms with Gasteiger partial charge in [0.25, 0.3) is 5.91 Å². The average Bonchev–Trinajstić information content (AvgIpc) is 3.17. The van der Waals surface area contributed by atoms with Crippen molar-refractivity contribution in [3.05, 3.63) is 93.1 Å². The minimum atomic E-state index is -0.249. The first-order chi connectivity index (χ1) is 17.2. The number of rotatable bonds is 8. The van der Waals surface area contributed by atoms with Crippen molar-refractivity contribution in [3.63, 3.8) is 0 Å². The lowest BCUT2D eigenvalue weighted by molar-refractivity contribution is -0.113. The van der Waals surface area contributed by atoms with E-state index >= 15 is 0 Å². The Morgan fingerprint density at radius 1 is 0.972 bits per heavy atom. The number of benzene rings is 3. The fraction of sp³-hybridized carbons (Fsp3) is 0.214. The number of para-hydroxylation sites is 1. The van der Waals surface area contributed by atoms with Crippen LogP contribution in [0.1, 0.15) is 27.0 Å². The Labute approximate surface area is 225 Å². The number of aryl methyl sites for hydroxylation is 3. The van der Waals surface area contributed by atoms with Gasteiger partial charge in [-0.05, 0) is 56.2 Å². The summed E-state index contributed by atoms with van der Waals surface area (Å²) in [6.45, 7) is 7.07. The molecule has 0 saturated heterocycles. The lowest BCUT2D eigenvalue weighted by atomic mass is 10.1. The number of aromatic nitrogens is 1. The van der Waals surface area contributed by atoms with Crippen LogP contribution in [0.25, 0.3) is 10.9 Å². The Hall–Kier alpha value is -2.93. The molecule has 0 radical (unpaired) electrons. The molecule has 2 N–H and O–H groups in total. The van der Waals surface area contributed by atoms with Crippen molar-refractivity contribution in [1.29, 1.82) is 0 Å². The molecule has 1 aromatic heterocycles. The molecule has 0 spiro atoms. The maximum Gasteiger partial charge on any atom is 0.252 e. The summed E-state index contributed by atoms with van der Waals surface area (Å²) in [7, 11) is 0. The second-order valence-corrected chi connectivity index (χ2v) is 10.6. The van der Waals surface area contributed by atoms with Crippen LogP contribution in [-0.2, 0) is 11.3 Å². The van der Waals surface area contributed by atoms with Crippen LogP contribution in [0.3, 0.4) is 0 Å². The molecule has 0 aliphatic carbocycles. The molecule has 186 valence electrons. The van der Waals surface area contributed by atoms with Crippen LogP contribution < -0.4 is 10.6 Å². The van der Waals surface area contributed by atoms with Crippen molar-refractivity contribution in [2.45, 2.75) is 32.2 Å². The van der Waals surface area contributed by atoms with Gasteiger partial charge in [0.05, 0.1) is 16.3 Å². The zero-order chi connectivity index (χ0) is 25.8. The van der Waals surface area contributed by atoms with Crippen LogP contribution >= 0.6 is 35.0 Å². The van der Waals surface area contributed by atoms with Crippen LogP contribution in [0, 0.1) is 20.8 Å². The van der Waals surface area contributed by atoms with Gasteiger partial charge in [-0.1, -0.05) is 59.1 Å². The number of hydrogen-bond donors (Lipinski definition) is 2. The van der Waals surface area contributed by atoms with Crippen molar-refractivity contribution in [1.82, 2.24) is 9.88 Å². The molecule has 0 fully saturated rings. The van der Waals surface area contributed by atoms with E-state index in [0.29, 0.717) is 34.5 Å². The van der Waals surface area contributed by atoms with Crippen LogP contribution in [0.15, 0.2) is 65.7 Å². The van der Waals surface area contributed by atoms with E-state index in [1.54, 1.807) is 18.2 Å². The smallest absolute Gasteiger partial charge is 0.252 e. The first-order valence-electron chi connectivity index (χ1n) is 11.5. The molecule has 0 aliphatic heterocycles. The van der Waals surface area contributed by atoms with Gasteiger partial charge in [0.15, 0.2) is 0 Å². The lowest BCUT2D eigenvalue weighted by Gasteiger charge is -2.12. The lowest BCUT2D eigenvalue weighted by Crippen LogP contribution is -2.27. The van der Waals surface area contributed by atoms with E-state index < -0.39 is 0 Å². The SMILES string of the molecule is Cc1cc(C)c(NC(=O)CSc2cn(CCNC(=O)c3ccc(Cl)cc3Cl)c3ccccc23)c(C)c1. The summed E-state index contributed by atoms with van der Waals surface area (Å²) in [5.74, 6) is 0.00659. The Morgan fingerprint density at radius 3 is 2.42 bits per heavy atom. The van der Waals surface area contributed by atoms with Crippen molar-refractivity contribution >= 4 is 63.4 Å². The van der Waals surface area contributed by atoms with Gasteiger partial charge in [0.1, 0.15) is 0 Å². The Kier molecular flexibility index (Phi) is 8.29. The number of carbonyl (C=O) groups excluding carboxylic acids is 2. The maximum absolute atomic E-state index is 12.7. The normalized spacial score (nSPS) is 11.0. The Balaban J connectivity index is 1.41. The second-order valence-electron chi connectivity index (χ2n) is 8.69. The summed E-state index contributed by atoms with van der Waals surface area (Å²) in [5.41, 5.74) is 5.61. The topological polar surface area (TPSA) is 63.1 Å². The average molecular weight is 541 g/mol. The predicted molar refractivity (Wildman–Crippen MR) is 151 cm³/mol. The van der Waals surface area contributed by atoms with Crippen LogP contribution in [-0.4, -0.2) is 28.7 Å². The van der Waals surface area contributed by atoms with E-state index in [2.05, 4.69) is 34.3 Å². The summed E-state index contributed by atoms with van der Waals surface area (Å²) >= 11 is 13.6. The molecule has 0 atom stereocenters. The third kappa shape index (κ3) is 6.06. The molecule has 3 aromatic carbocycles. The highest BCUT2D eigenvalue weighted by molar-refractivity contribution is 8.00. The van der Waals surface area contributed by atoms with Crippen LogP contribution in [0.5, 0.6) is 0 Å². The van der Waals surface area contributed by atoms with Gasteiger partial charge in [-0.15, -0.1) is 11.8 Å². The van der Waals surface area contributed by atoms with Gasteiger partial charge >= 0.3 is 0 Å².